The van der Waals surface area contributed by atoms with Gasteiger partial charge in [0.1, 0.15) is 0 Å². The monoisotopic (exact) mass is 349 g/mol. The Balaban J connectivity index is 1.80. The average Bonchev–Trinajstić information content (AvgIpc) is 2.80. The number of thiophene rings is 1. The van der Waals surface area contributed by atoms with Gasteiger partial charge in [0.25, 0.3) is 0 Å². The van der Waals surface area contributed by atoms with Gasteiger partial charge in [0.2, 0.25) is 5.91 Å². The topological polar surface area (TPSA) is 44.4 Å². The van der Waals surface area contributed by atoms with Crippen LogP contribution in [0.25, 0.3) is 0 Å². The summed E-state index contributed by atoms with van der Waals surface area (Å²) in [5, 5.41) is 6.28. The molecule has 0 aliphatic carbocycles. The molecule has 7 heteroatoms. The summed E-state index contributed by atoms with van der Waals surface area (Å²) < 4.78 is 1.49. The number of nitrogens with one attached hydrogen (secondary N) is 2. The predicted molar refractivity (Wildman–Crippen MR) is 89.4 cm³/mol. The SMILES string of the molecule is CNC(=O)CN1CCC(NC(C)c2cc(Cl)sc2Cl)CC1. The van der Waals surface area contributed by atoms with E-state index in [1.165, 1.54) is 11.3 Å². The zero-order valence-corrected chi connectivity index (χ0v) is 14.6. The minimum absolute atomic E-state index is 0.0782. The van der Waals surface area contributed by atoms with E-state index in [9.17, 15) is 4.79 Å². The van der Waals surface area contributed by atoms with Crippen LogP contribution in [0, 0.1) is 0 Å². The van der Waals surface area contributed by atoms with Crippen LogP contribution in [0.5, 0.6) is 0 Å². The van der Waals surface area contributed by atoms with Gasteiger partial charge in [0.15, 0.2) is 0 Å². The summed E-state index contributed by atoms with van der Waals surface area (Å²) in [5.41, 5.74) is 1.07. The van der Waals surface area contributed by atoms with E-state index in [2.05, 4.69) is 22.5 Å². The Morgan fingerprint density at radius 1 is 1.48 bits per heavy atom. The first-order chi connectivity index (χ1) is 9.99. The maximum absolute atomic E-state index is 11.4. The highest BCUT2D eigenvalue weighted by Crippen LogP contribution is 2.35. The van der Waals surface area contributed by atoms with Gasteiger partial charge in [-0.05, 0) is 31.4 Å². The Kier molecular flexibility index (Phi) is 6.32. The lowest BCUT2D eigenvalue weighted by molar-refractivity contribution is -0.122. The third-order valence-electron chi connectivity index (χ3n) is 3.87. The zero-order chi connectivity index (χ0) is 15.4. The third-order valence-corrected chi connectivity index (χ3v) is 5.39. The molecule has 1 aromatic rings. The highest BCUT2D eigenvalue weighted by atomic mass is 35.5. The molecule has 1 unspecified atom stereocenters. The summed E-state index contributed by atoms with van der Waals surface area (Å²) in [6.45, 7) is 4.48. The largest absolute Gasteiger partial charge is 0.358 e. The zero-order valence-electron chi connectivity index (χ0n) is 12.3. The number of likely N-dealkylation sites (tertiary alicyclic amines) is 1. The van der Waals surface area contributed by atoms with E-state index in [4.69, 9.17) is 23.2 Å². The number of rotatable bonds is 5. The van der Waals surface area contributed by atoms with Gasteiger partial charge in [-0.1, -0.05) is 23.2 Å². The molecule has 0 bridgehead atoms. The Morgan fingerprint density at radius 2 is 2.14 bits per heavy atom. The molecule has 1 saturated heterocycles. The van der Waals surface area contributed by atoms with Crippen molar-refractivity contribution in [2.75, 3.05) is 26.7 Å². The van der Waals surface area contributed by atoms with Crippen LogP contribution in [0.3, 0.4) is 0 Å². The number of hydrogen-bond donors (Lipinski definition) is 2. The number of carbonyl (C=O) groups is 1. The van der Waals surface area contributed by atoms with E-state index < -0.39 is 0 Å². The maximum Gasteiger partial charge on any atom is 0.233 e. The normalized spacial score (nSPS) is 18.7. The van der Waals surface area contributed by atoms with E-state index in [1.54, 1.807) is 7.05 Å². The molecule has 2 heterocycles. The highest BCUT2D eigenvalue weighted by Gasteiger charge is 2.23. The fourth-order valence-corrected chi connectivity index (χ4v) is 4.28. The van der Waals surface area contributed by atoms with E-state index in [0.29, 0.717) is 12.6 Å². The highest BCUT2D eigenvalue weighted by molar-refractivity contribution is 7.20. The van der Waals surface area contributed by atoms with Crippen molar-refractivity contribution >= 4 is 40.4 Å². The standard InChI is InChI=1S/C14H21Cl2N3OS/c1-9(11-7-12(15)21-14(11)16)18-10-3-5-19(6-4-10)8-13(20)17-2/h7,9-10,18H,3-6,8H2,1-2H3,(H,17,20). The van der Waals surface area contributed by atoms with Crippen molar-refractivity contribution in [3.8, 4) is 0 Å². The summed E-state index contributed by atoms with van der Waals surface area (Å²) in [4.78, 5) is 13.6. The number of piperidine rings is 1. The first-order valence-corrected chi connectivity index (χ1v) is 8.70. The van der Waals surface area contributed by atoms with Gasteiger partial charge in [-0.15, -0.1) is 11.3 Å². The average molecular weight is 350 g/mol. The van der Waals surface area contributed by atoms with Crippen LogP contribution < -0.4 is 10.6 Å². The molecule has 2 N–H and O–H groups in total. The van der Waals surface area contributed by atoms with Crippen molar-refractivity contribution < 1.29 is 4.79 Å². The van der Waals surface area contributed by atoms with Crippen LogP contribution in [0.4, 0.5) is 0 Å². The molecule has 1 amide bonds. The van der Waals surface area contributed by atoms with Crippen LogP contribution in [0.1, 0.15) is 31.4 Å². The molecular weight excluding hydrogens is 329 g/mol. The Bertz CT molecular complexity index is 487. The molecule has 2 rings (SSSR count). The second-order valence-corrected chi connectivity index (χ2v) is 7.68. The van der Waals surface area contributed by atoms with Crippen molar-refractivity contribution in [3.63, 3.8) is 0 Å². The molecule has 1 aliphatic heterocycles. The summed E-state index contributed by atoms with van der Waals surface area (Å²) in [7, 11) is 1.67. The summed E-state index contributed by atoms with van der Waals surface area (Å²) >= 11 is 13.6. The fraction of sp³-hybridized carbons (Fsp3) is 0.643. The summed E-state index contributed by atoms with van der Waals surface area (Å²) in [6, 6.07) is 2.58. The first-order valence-electron chi connectivity index (χ1n) is 7.13. The molecule has 4 nitrogen and oxygen atoms in total. The number of carbonyl (C=O) groups excluding carboxylic acids is 1. The van der Waals surface area contributed by atoms with Gasteiger partial charge in [-0.3, -0.25) is 9.69 Å². The number of likely N-dealkylation sites (N-methyl/N-ethyl adjacent to an activating group) is 1. The smallest absolute Gasteiger partial charge is 0.233 e. The minimum atomic E-state index is 0.0782. The molecule has 0 saturated carbocycles. The lowest BCUT2D eigenvalue weighted by Crippen LogP contribution is -2.46. The molecular formula is C14H21Cl2N3OS. The predicted octanol–water partition coefficient (Wildman–Crippen LogP) is 2.92. The third kappa shape index (κ3) is 4.83. The van der Waals surface area contributed by atoms with Crippen LogP contribution in [0.15, 0.2) is 6.07 Å². The molecule has 1 fully saturated rings. The molecule has 21 heavy (non-hydrogen) atoms. The molecule has 1 aromatic heterocycles. The first kappa shape index (κ1) is 17.0. The molecule has 0 radical (unpaired) electrons. The number of nitrogens with zero attached hydrogens (tertiary/aromatic N) is 1. The van der Waals surface area contributed by atoms with Crippen LogP contribution in [-0.2, 0) is 4.79 Å². The van der Waals surface area contributed by atoms with E-state index in [-0.39, 0.29) is 11.9 Å². The van der Waals surface area contributed by atoms with Gasteiger partial charge in [0, 0.05) is 32.2 Å². The Hall–Kier alpha value is -0.330. The van der Waals surface area contributed by atoms with Gasteiger partial charge >= 0.3 is 0 Å². The fourth-order valence-electron chi connectivity index (χ4n) is 2.63. The van der Waals surface area contributed by atoms with Gasteiger partial charge in [-0.2, -0.15) is 0 Å². The maximum atomic E-state index is 11.4. The second-order valence-electron chi connectivity index (χ2n) is 5.39. The lowest BCUT2D eigenvalue weighted by atomic mass is 10.0. The molecule has 1 aliphatic rings. The van der Waals surface area contributed by atoms with Crippen molar-refractivity contribution in [2.24, 2.45) is 0 Å². The number of hydrogen-bond acceptors (Lipinski definition) is 4. The van der Waals surface area contributed by atoms with E-state index in [1.807, 2.05) is 6.07 Å². The summed E-state index contributed by atoms with van der Waals surface area (Å²) in [5.74, 6) is 0.0782. The molecule has 0 spiro atoms. The van der Waals surface area contributed by atoms with E-state index >= 15 is 0 Å². The lowest BCUT2D eigenvalue weighted by Gasteiger charge is -2.33. The quantitative estimate of drug-likeness (QED) is 0.858. The second kappa shape index (κ2) is 7.79. The van der Waals surface area contributed by atoms with Gasteiger partial charge in [0.05, 0.1) is 15.2 Å². The van der Waals surface area contributed by atoms with Gasteiger partial charge < -0.3 is 10.6 Å². The van der Waals surface area contributed by atoms with Gasteiger partial charge in [-0.25, -0.2) is 0 Å². The Morgan fingerprint density at radius 3 is 2.67 bits per heavy atom. The van der Waals surface area contributed by atoms with Crippen molar-refractivity contribution in [1.82, 2.24) is 15.5 Å². The summed E-state index contributed by atoms with van der Waals surface area (Å²) in [6.07, 6.45) is 2.08. The van der Waals surface area contributed by atoms with Crippen LogP contribution in [-0.4, -0.2) is 43.5 Å². The minimum Gasteiger partial charge on any atom is -0.358 e. The number of halogens is 2. The number of amides is 1. The van der Waals surface area contributed by atoms with Crippen LogP contribution in [0.2, 0.25) is 8.67 Å². The van der Waals surface area contributed by atoms with Crippen molar-refractivity contribution in [2.45, 2.75) is 31.8 Å². The molecule has 118 valence electrons. The molecule has 0 aromatic carbocycles. The Labute approximate surface area is 139 Å². The van der Waals surface area contributed by atoms with Crippen molar-refractivity contribution in [1.29, 1.82) is 0 Å². The van der Waals surface area contributed by atoms with E-state index in [0.717, 1.165) is 40.2 Å². The van der Waals surface area contributed by atoms with Crippen molar-refractivity contribution in [3.05, 3.63) is 20.3 Å². The van der Waals surface area contributed by atoms with Crippen LogP contribution >= 0.6 is 34.5 Å². The molecule has 1 atom stereocenters.